The summed E-state index contributed by atoms with van der Waals surface area (Å²) in [4.78, 5) is 15.4. The molecule has 0 unspecified atom stereocenters. The van der Waals surface area contributed by atoms with Crippen LogP contribution in [0.25, 0.3) is 0 Å². The lowest BCUT2D eigenvalue weighted by Gasteiger charge is -2.25. The Bertz CT molecular complexity index is 861. The minimum absolute atomic E-state index is 0.0550. The second-order valence-electron chi connectivity index (χ2n) is 6.99. The van der Waals surface area contributed by atoms with Crippen molar-refractivity contribution >= 4 is 27.1 Å². The second kappa shape index (κ2) is 8.54. The predicted octanol–water partition coefficient (Wildman–Crippen LogP) is 2.64. The van der Waals surface area contributed by atoms with Gasteiger partial charge in [-0.25, -0.2) is 8.42 Å². The number of nitrogens with zero attached hydrogens (tertiary/aromatic N) is 1. The van der Waals surface area contributed by atoms with Crippen molar-refractivity contribution in [3.63, 3.8) is 0 Å². The fraction of sp³-hybridized carbons (Fsp3) is 0.450. The van der Waals surface area contributed by atoms with Gasteiger partial charge in [-0.1, -0.05) is 37.3 Å². The third-order valence-electron chi connectivity index (χ3n) is 5.16. The summed E-state index contributed by atoms with van der Waals surface area (Å²) in [6, 6.07) is 12.3. The Morgan fingerprint density at radius 3 is 2.59 bits per heavy atom. The molecule has 1 aliphatic rings. The zero-order valence-electron chi connectivity index (χ0n) is 15.7. The normalized spacial score (nSPS) is 19.7. The molecule has 1 aliphatic heterocycles. The van der Waals surface area contributed by atoms with Crippen LogP contribution in [0.2, 0.25) is 0 Å². The number of hydrogen-bond donors (Lipinski definition) is 1. The van der Waals surface area contributed by atoms with E-state index in [1.165, 1.54) is 5.56 Å². The fourth-order valence-electron chi connectivity index (χ4n) is 3.38. The van der Waals surface area contributed by atoms with Crippen molar-refractivity contribution < 1.29 is 13.2 Å². The first-order chi connectivity index (χ1) is 12.9. The predicted molar refractivity (Wildman–Crippen MR) is 110 cm³/mol. The van der Waals surface area contributed by atoms with Gasteiger partial charge >= 0.3 is 0 Å². The Morgan fingerprint density at radius 2 is 2.04 bits per heavy atom. The number of aryl methyl sites for hydroxylation is 1. The van der Waals surface area contributed by atoms with Gasteiger partial charge in [0.1, 0.15) is 0 Å². The molecule has 7 heteroatoms. The number of benzene rings is 1. The molecule has 1 aromatic carbocycles. The minimum Gasteiger partial charge on any atom is -0.341 e. The molecule has 0 saturated carbocycles. The molecule has 1 fully saturated rings. The number of likely N-dealkylation sites (N-methyl/N-ethyl adjacent to an activating group) is 1. The number of sulfone groups is 1. The third-order valence-corrected chi connectivity index (χ3v) is 7.84. The Hall–Kier alpha value is -1.70. The highest BCUT2D eigenvalue weighted by Crippen LogP contribution is 2.26. The van der Waals surface area contributed by atoms with Gasteiger partial charge in [0.25, 0.3) is 0 Å². The molecular formula is C20H26N2O3S2. The molecule has 2 atom stereocenters. The lowest BCUT2D eigenvalue weighted by Crippen LogP contribution is -2.43. The number of rotatable bonds is 7. The molecule has 27 heavy (non-hydrogen) atoms. The van der Waals surface area contributed by atoms with Crippen LogP contribution in [0.5, 0.6) is 0 Å². The molecule has 3 rings (SSSR count). The topological polar surface area (TPSA) is 66.5 Å². The molecule has 5 nitrogen and oxygen atoms in total. The van der Waals surface area contributed by atoms with Crippen molar-refractivity contribution in [2.45, 2.75) is 31.8 Å². The quantitative estimate of drug-likeness (QED) is 0.768. The lowest BCUT2D eigenvalue weighted by molar-refractivity contribution is -0.130. The van der Waals surface area contributed by atoms with E-state index in [4.69, 9.17) is 0 Å². The fourth-order valence-corrected chi connectivity index (χ4v) is 5.98. The van der Waals surface area contributed by atoms with Crippen molar-refractivity contribution in [3.05, 3.63) is 57.8 Å². The molecule has 0 spiro atoms. The van der Waals surface area contributed by atoms with Crippen LogP contribution in [0, 0.1) is 0 Å². The molecule has 0 bridgehead atoms. The second-order valence-corrected chi connectivity index (χ2v) is 10.2. The van der Waals surface area contributed by atoms with Crippen LogP contribution in [-0.2, 0) is 21.1 Å². The average molecular weight is 407 g/mol. The molecule has 0 radical (unpaired) electrons. The number of amides is 1. The zero-order chi connectivity index (χ0) is 19.4. The van der Waals surface area contributed by atoms with E-state index in [1.54, 1.807) is 23.3 Å². The summed E-state index contributed by atoms with van der Waals surface area (Å²) in [5.74, 6) is 0.163. The Morgan fingerprint density at radius 1 is 1.30 bits per heavy atom. The lowest BCUT2D eigenvalue weighted by atomic mass is 10.0. The van der Waals surface area contributed by atoms with E-state index in [0.29, 0.717) is 6.42 Å². The van der Waals surface area contributed by atoms with Crippen molar-refractivity contribution in [3.8, 4) is 0 Å². The Labute approximate surface area is 165 Å². The van der Waals surface area contributed by atoms with Crippen molar-refractivity contribution in [2.75, 3.05) is 25.1 Å². The summed E-state index contributed by atoms with van der Waals surface area (Å²) in [7, 11) is -1.30. The SMILES string of the molecule is CCc1ccc([C@@H](NCC(=O)N(C)[C@@H]2CCS(=O)(=O)C2)c2cccs2)cc1. The van der Waals surface area contributed by atoms with E-state index < -0.39 is 9.84 Å². The molecule has 1 N–H and O–H groups in total. The van der Waals surface area contributed by atoms with Gasteiger partial charge in [0.15, 0.2) is 9.84 Å². The Kier molecular flexibility index (Phi) is 6.34. The third kappa shape index (κ3) is 4.97. The number of carbonyl (C=O) groups is 1. The summed E-state index contributed by atoms with van der Waals surface area (Å²) in [6.45, 7) is 2.30. The van der Waals surface area contributed by atoms with Gasteiger partial charge in [-0.05, 0) is 35.4 Å². The van der Waals surface area contributed by atoms with Crippen LogP contribution in [0.3, 0.4) is 0 Å². The molecule has 2 aromatic rings. The van der Waals surface area contributed by atoms with E-state index in [-0.39, 0.29) is 36.0 Å². The van der Waals surface area contributed by atoms with E-state index >= 15 is 0 Å². The molecule has 1 amide bonds. The van der Waals surface area contributed by atoms with Crippen molar-refractivity contribution in [1.29, 1.82) is 0 Å². The van der Waals surface area contributed by atoms with Gasteiger partial charge in [0.05, 0.1) is 24.1 Å². The van der Waals surface area contributed by atoms with E-state index in [0.717, 1.165) is 16.9 Å². The maximum Gasteiger partial charge on any atom is 0.236 e. The summed E-state index contributed by atoms with van der Waals surface area (Å²) in [5.41, 5.74) is 2.40. The number of carbonyl (C=O) groups excluding carboxylic acids is 1. The maximum absolute atomic E-state index is 12.6. The zero-order valence-corrected chi connectivity index (χ0v) is 17.4. The van der Waals surface area contributed by atoms with Crippen molar-refractivity contribution in [2.24, 2.45) is 0 Å². The van der Waals surface area contributed by atoms with Gasteiger partial charge in [-0.15, -0.1) is 11.3 Å². The van der Waals surface area contributed by atoms with Crippen molar-refractivity contribution in [1.82, 2.24) is 10.2 Å². The Balaban J connectivity index is 1.68. The molecule has 2 heterocycles. The van der Waals surface area contributed by atoms with Crippen LogP contribution < -0.4 is 5.32 Å². The van der Waals surface area contributed by atoms with Gasteiger partial charge in [0, 0.05) is 18.0 Å². The van der Waals surface area contributed by atoms with Gasteiger partial charge in [0.2, 0.25) is 5.91 Å². The highest BCUT2D eigenvalue weighted by Gasteiger charge is 2.32. The summed E-state index contributed by atoms with van der Waals surface area (Å²) in [6.07, 6.45) is 1.52. The largest absolute Gasteiger partial charge is 0.341 e. The van der Waals surface area contributed by atoms with Gasteiger partial charge in [-0.3, -0.25) is 10.1 Å². The molecule has 1 aromatic heterocycles. The van der Waals surface area contributed by atoms with E-state index in [9.17, 15) is 13.2 Å². The van der Waals surface area contributed by atoms with E-state index in [2.05, 4.69) is 42.6 Å². The standard InChI is InChI=1S/C20H26N2O3S2/c1-3-15-6-8-16(9-7-15)20(18-5-4-11-26-18)21-13-19(23)22(2)17-10-12-27(24,25)14-17/h4-9,11,17,20-21H,3,10,12-14H2,1-2H3/t17-,20-/m1/s1. The van der Waals surface area contributed by atoms with Gasteiger partial charge in [-0.2, -0.15) is 0 Å². The first kappa shape index (κ1) is 20.0. The van der Waals surface area contributed by atoms with Gasteiger partial charge < -0.3 is 4.90 Å². The minimum atomic E-state index is -3.00. The number of thiophene rings is 1. The van der Waals surface area contributed by atoms with E-state index in [1.807, 2.05) is 11.4 Å². The van der Waals surface area contributed by atoms with Crippen LogP contribution >= 0.6 is 11.3 Å². The monoisotopic (exact) mass is 406 g/mol. The number of nitrogens with one attached hydrogen (secondary N) is 1. The molecular weight excluding hydrogens is 380 g/mol. The summed E-state index contributed by atoms with van der Waals surface area (Å²) in [5, 5.41) is 5.40. The smallest absolute Gasteiger partial charge is 0.236 e. The highest BCUT2D eigenvalue weighted by atomic mass is 32.2. The molecule has 0 aliphatic carbocycles. The highest BCUT2D eigenvalue weighted by molar-refractivity contribution is 7.91. The van der Waals surface area contributed by atoms with Crippen LogP contribution in [-0.4, -0.2) is 50.4 Å². The summed E-state index contributed by atoms with van der Waals surface area (Å²) < 4.78 is 23.3. The van der Waals surface area contributed by atoms with Crippen LogP contribution in [0.1, 0.15) is 35.4 Å². The first-order valence-corrected chi connectivity index (χ1v) is 11.9. The number of hydrogen-bond acceptors (Lipinski definition) is 5. The van der Waals surface area contributed by atoms with Crippen LogP contribution in [0.4, 0.5) is 0 Å². The van der Waals surface area contributed by atoms with Crippen LogP contribution in [0.15, 0.2) is 41.8 Å². The molecule has 146 valence electrons. The first-order valence-electron chi connectivity index (χ1n) is 9.21. The summed E-state index contributed by atoms with van der Waals surface area (Å²) >= 11 is 1.65. The average Bonchev–Trinajstić information content (AvgIpc) is 3.31. The maximum atomic E-state index is 12.6. The molecule has 1 saturated heterocycles.